The molecule has 3 heteroatoms. The van der Waals surface area contributed by atoms with E-state index in [-0.39, 0.29) is 0 Å². The Morgan fingerprint density at radius 1 is 1.06 bits per heavy atom. The average molecular weight is 258 g/mol. The molecule has 0 rings (SSSR count). The summed E-state index contributed by atoms with van der Waals surface area (Å²) < 4.78 is 12.4. The van der Waals surface area contributed by atoms with E-state index in [1.165, 1.54) is 12.8 Å². The molecule has 0 spiro atoms. The van der Waals surface area contributed by atoms with Crippen molar-refractivity contribution in [1.82, 2.24) is 5.32 Å². The lowest BCUT2D eigenvalue weighted by atomic mass is 9.75. The summed E-state index contributed by atoms with van der Waals surface area (Å²) in [6, 6.07) is 0. The molecular weight excluding hydrogens is 227 g/mol. The zero-order valence-electron chi connectivity index (χ0n) is 12.6. The summed E-state index contributed by atoms with van der Waals surface area (Å²) in [4.78, 5) is 0. The molecule has 2 nitrogen and oxygen atoms in total. The first-order valence-electron chi connectivity index (χ1n) is 6.97. The largest absolute Gasteiger partial charge is 0.362 e. The summed E-state index contributed by atoms with van der Waals surface area (Å²) in [6.45, 7) is 13.8. The highest BCUT2D eigenvalue weighted by molar-refractivity contribution is 4.78. The van der Waals surface area contributed by atoms with E-state index in [2.05, 4.69) is 39.6 Å². The Balaban J connectivity index is 3.89. The fourth-order valence-electron chi connectivity index (χ4n) is 2.11. The lowest BCUT2D eigenvalue weighted by Gasteiger charge is -2.31. The molecule has 0 aromatic heterocycles. The van der Waals surface area contributed by atoms with E-state index in [9.17, 15) is 4.39 Å². The molecule has 0 atom stereocenters. The molecular formula is C15H31FN2. The molecule has 0 saturated heterocycles. The smallest absolute Gasteiger partial charge is 0.179 e. The second-order valence-electron chi connectivity index (χ2n) is 6.80. The first-order valence-corrected chi connectivity index (χ1v) is 6.97. The Labute approximate surface area is 112 Å². The Bertz CT molecular complexity index is 247. The van der Waals surface area contributed by atoms with Crippen molar-refractivity contribution in [3.63, 3.8) is 0 Å². The van der Waals surface area contributed by atoms with Crippen LogP contribution in [0.5, 0.6) is 0 Å². The molecule has 0 bridgehead atoms. The van der Waals surface area contributed by atoms with Gasteiger partial charge < -0.3 is 11.1 Å². The Hall–Kier alpha value is -0.570. The second-order valence-corrected chi connectivity index (χ2v) is 6.80. The molecule has 0 aromatic carbocycles. The maximum atomic E-state index is 12.4. The number of rotatable bonds is 10. The van der Waals surface area contributed by atoms with Gasteiger partial charge in [-0.15, -0.1) is 0 Å². The normalized spacial score (nSPS) is 12.6. The molecule has 0 aliphatic heterocycles. The molecule has 0 amide bonds. The van der Waals surface area contributed by atoms with Crippen molar-refractivity contribution in [1.29, 1.82) is 0 Å². The first-order chi connectivity index (χ1) is 8.18. The number of halogens is 1. The molecule has 0 aliphatic carbocycles. The van der Waals surface area contributed by atoms with E-state index >= 15 is 0 Å². The van der Waals surface area contributed by atoms with Gasteiger partial charge in [0.1, 0.15) is 0 Å². The number of hydrogen-bond acceptors (Lipinski definition) is 2. The summed E-state index contributed by atoms with van der Waals surface area (Å²) in [6.07, 6.45) is 5.54. The summed E-state index contributed by atoms with van der Waals surface area (Å²) >= 11 is 0. The maximum absolute atomic E-state index is 12.4. The van der Waals surface area contributed by atoms with Gasteiger partial charge >= 0.3 is 0 Å². The standard InChI is InChI=1S/C15H31FN2/c1-13(16)18-12-6-7-14(2,3)8-9-15(4,5)10-11-17/h18H,1,6-12,17H2,2-5H3. The highest BCUT2D eigenvalue weighted by atomic mass is 19.1. The van der Waals surface area contributed by atoms with Crippen LogP contribution in [0.2, 0.25) is 0 Å². The molecule has 108 valence electrons. The van der Waals surface area contributed by atoms with Gasteiger partial charge in [-0.2, -0.15) is 4.39 Å². The van der Waals surface area contributed by atoms with Gasteiger partial charge in [-0.25, -0.2) is 0 Å². The van der Waals surface area contributed by atoms with Crippen LogP contribution in [0.25, 0.3) is 0 Å². The van der Waals surface area contributed by atoms with E-state index in [1.807, 2.05) is 0 Å². The zero-order chi connectivity index (χ0) is 14.2. The van der Waals surface area contributed by atoms with E-state index < -0.39 is 5.95 Å². The van der Waals surface area contributed by atoms with E-state index in [0.29, 0.717) is 17.4 Å². The molecule has 0 fully saturated rings. The Kier molecular flexibility index (Phi) is 7.53. The van der Waals surface area contributed by atoms with Crippen molar-refractivity contribution in [3.05, 3.63) is 12.5 Å². The molecule has 18 heavy (non-hydrogen) atoms. The predicted octanol–water partition coefficient (Wildman–Crippen LogP) is 3.98. The topological polar surface area (TPSA) is 38.0 Å². The molecule has 0 aliphatic rings. The fraction of sp³-hybridized carbons (Fsp3) is 0.867. The molecule has 3 N–H and O–H groups in total. The summed E-state index contributed by atoms with van der Waals surface area (Å²) in [5.74, 6) is -0.433. The minimum atomic E-state index is -0.433. The van der Waals surface area contributed by atoms with Gasteiger partial charge in [0.25, 0.3) is 0 Å². The van der Waals surface area contributed by atoms with Crippen molar-refractivity contribution in [2.24, 2.45) is 16.6 Å². The van der Waals surface area contributed by atoms with Gasteiger partial charge in [-0.05, 0) is 56.1 Å². The maximum Gasteiger partial charge on any atom is 0.179 e. The molecule has 0 heterocycles. The van der Waals surface area contributed by atoms with Gasteiger partial charge in [0.05, 0.1) is 0 Å². The lowest BCUT2D eigenvalue weighted by Crippen LogP contribution is -2.22. The van der Waals surface area contributed by atoms with Crippen molar-refractivity contribution < 1.29 is 4.39 Å². The summed E-state index contributed by atoms with van der Waals surface area (Å²) in [5, 5.41) is 2.63. The van der Waals surface area contributed by atoms with Crippen LogP contribution < -0.4 is 11.1 Å². The fourth-order valence-corrected chi connectivity index (χ4v) is 2.11. The van der Waals surface area contributed by atoms with E-state index in [0.717, 1.165) is 25.8 Å². The first kappa shape index (κ1) is 17.4. The molecule has 0 aromatic rings. The van der Waals surface area contributed by atoms with E-state index in [1.54, 1.807) is 0 Å². The lowest BCUT2D eigenvalue weighted by molar-refractivity contribution is 0.215. The van der Waals surface area contributed by atoms with Crippen LogP contribution >= 0.6 is 0 Å². The third-order valence-electron chi connectivity index (χ3n) is 3.65. The van der Waals surface area contributed by atoms with Gasteiger partial charge in [0.2, 0.25) is 0 Å². The van der Waals surface area contributed by atoms with E-state index in [4.69, 9.17) is 5.73 Å². The highest BCUT2D eigenvalue weighted by Gasteiger charge is 2.23. The van der Waals surface area contributed by atoms with Crippen LogP contribution in [-0.4, -0.2) is 13.1 Å². The minimum absolute atomic E-state index is 0.311. The van der Waals surface area contributed by atoms with Crippen LogP contribution in [0.1, 0.15) is 59.8 Å². The van der Waals surface area contributed by atoms with Crippen LogP contribution in [0, 0.1) is 10.8 Å². The van der Waals surface area contributed by atoms with Crippen molar-refractivity contribution in [3.8, 4) is 0 Å². The van der Waals surface area contributed by atoms with Crippen LogP contribution in [0.15, 0.2) is 12.5 Å². The SMILES string of the molecule is C=C(F)NCCCC(C)(C)CCC(C)(C)CCN. The third kappa shape index (κ3) is 9.46. The van der Waals surface area contributed by atoms with Gasteiger partial charge in [0.15, 0.2) is 5.95 Å². The third-order valence-corrected chi connectivity index (χ3v) is 3.65. The quantitative estimate of drug-likeness (QED) is 0.459. The second kappa shape index (κ2) is 7.78. The summed E-state index contributed by atoms with van der Waals surface area (Å²) in [5.41, 5.74) is 6.27. The van der Waals surface area contributed by atoms with Crippen LogP contribution in [0.4, 0.5) is 4.39 Å². The van der Waals surface area contributed by atoms with Gasteiger partial charge in [-0.3, -0.25) is 0 Å². The Morgan fingerprint density at radius 2 is 1.56 bits per heavy atom. The van der Waals surface area contributed by atoms with Gasteiger partial charge in [-0.1, -0.05) is 27.7 Å². The Morgan fingerprint density at radius 3 is 2.00 bits per heavy atom. The van der Waals surface area contributed by atoms with Gasteiger partial charge in [0, 0.05) is 6.54 Å². The van der Waals surface area contributed by atoms with Crippen molar-refractivity contribution in [2.45, 2.75) is 59.8 Å². The number of hydrogen-bond donors (Lipinski definition) is 2. The predicted molar refractivity (Wildman–Crippen MR) is 78.0 cm³/mol. The minimum Gasteiger partial charge on any atom is -0.362 e. The molecule has 0 radical (unpaired) electrons. The zero-order valence-corrected chi connectivity index (χ0v) is 12.6. The highest BCUT2D eigenvalue weighted by Crippen LogP contribution is 2.35. The van der Waals surface area contributed by atoms with Crippen molar-refractivity contribution in [2.75, 3.05) is 13.1 Å². The summed E-state index contributed by atoms with van der Waals surface area (Å²) in [7, 11) is 0. The number of nitrogens with one attached hydrogen (secondary N) is 1. The average Bonchev–Trinajstić information content (AvgIpc) is 2.22. The van der Waals surface area contributed by atoms with Crippen LogP contribution in [0.3, 0.4) is 0 Å². The monoisotopic (exact) mass is 258 g/mol. The van der Waals surface area contributed by atoms with Crippen molar-refractivity contribution >= 4 is 0 Å². The molecule has 0 saturated carbocycles. The number of nitrogens with two attached hydrogens (primary N) is 1. The molecule has 0 unspecified atom stereocenters. The van der Waals surface area contributed by atoms with Crippen LogP contribution in [-0.2, 0) is 0 Å².